The molecule has 0 aliphatic carbocycles. The van der Waals surface area contributed by atoms with E-state index < -0.39 is 21.4 Å². The summed E-state index contributed by atoms with van der Waals surface area (Å²) in [5.41, 5.74) is 0.195. The van der Waals surface area contributed by atoms with Gasteiger partial charge in [0.25, 0.3) is 0 Å². The lowest BCUT2D eigenvalue weighted by Crippen LogP contribution is -2.04. The van der Waals surface area contributed by atoms with Crippen LogP contribution < -0.4 is 9.47 Å². The minimum absolute atomic E-state index is 0.111. The van der Waals surface area contributed by atoms with E-state index in [-0.39, 0.29) is 22.1 Å². The van der Waals surface area contributed by atoms with Gasteiger partial charge in [-0.25, -0.2) is 8.42 Å². The Balaban J connectivity index is 3.40. The van der Waals surface area contributed by atoms with Crippen molar-refractivity contribution in [2.45, 2.75) is 6.61 Å². The number of alkyl halides is 2. The molecule has 0 spiro atoms. The van der Waals surface area contributed by atoms with Crippen LogP contribution in [0.1, 0.15) is 5.56 Å². The van der Waals surface area contributed by atoms with Gasteiger partial charge in [-0.3, -0.25) is 0 Å². The SMILES string of the molecule is COc1cc(C=C(C#N)S(C)(=O)=O)cc(Cl)c1OC(F)F. The van der Waals surface area contributed by atoms with E-state index in [1.807, 2.05) is 0 Å². The first-order chi connectivity index (χ1) is 9.68. The summed E-state index contributed by atoms with van der Waals surface area (Å²) >= 11 is 5.80. The highest BCUT2D eigenvalue weighted by atomic mass is 35.5. The molecule has 0 amide bonds. The van der Waals surface area contributed by atoms with Gasteiger partial charge < -0.3 is 9.47 Å². The van der Waals surface area contributed by atoms with Crippen molar-refractivity contribution in [2.24, 2.45) is 0 Å². The van der Waals surface area contributed by atoms with Crippen LogP contribution in [0, 0.1) is 11.3 Å². The Morgan fingerprint density at radius 3 is 2.52 bits per heavy atom. The Bertz CT molecular complexity index is 711. The lowest BCUT2D eigenvalue weighted by Gasteiger charge is -2.12. The topological polar surface area (TPSA) is 76.4 Å². The Kier molecular flexibility index (Phi) is 5.52. The fourth-order valence-electron chi connectivity index (χ4n) is 1.40. The number of halogens is 3. The van der Waals surface area contributed by atoms with Crippen molar-refractivity contribution in [3.63, 3.8) is 0 Å². The molecule has 0 N–H and O–H groups in total. The van der Waals surface area contributed by atoms with Gasteiger partial charge in [-0.15, -0.1) is 0 Å². The van der Waals surface area contributed by atoms with Gasteiger partial charge in [0.05, 0.1) is 12.1 Å². The number of ether oxygens (including phenoxy) is 2. The molecule has 1 aromatic carbocycles. The van der Waals surface area contributed by atoms with E-state index in [0.717, 1.165) is 12.3 Å². The van der Waals surface area contributed by atoms with Gasteiger partial charge in [-0.1, -0.05) is 11.6 Å². The molecule has 0 aliphatic rings. The van der Waals surface area contributed by atoms with Gasteiger partial charge >= 0.3 is 6.61 Å². The van der Waals surface area contributed by atoms with Crippen LogP contribution in [0.15, 0.2) is 17.0 Å². The van der Waals surface area contributed by atoms with Gasteiger partial charge in [0.1, 0.15) is 11.0 Å². The Morgan fingerprint density at radius 1 is 1.48 bits per heavy atom. The van der Waals surface area contributed by atoms with Gasteiger partial charge in [-0.2, -0.15) is 14.0 Å². The third-order valence-electron chi connectivity index (χ3n) is 2.27. The smallest absolute Gasteiger partial charge is 0.387 e. The van der Waals surface area contributed by atoms with Crippen molar-refractivity contribution in [3.8, 4) is 17.6 Å². The second-order valence-corrected chi connectivity index (χ2v) is 6.20. The van der Waals surface area contributed by atoms with E-state index in [0.29, 0.717) is 0 Å². The molecular formula is C12H10ClF2NO4S. The Hall–Kier alpha value is -1.85. The molecule has 5 nitrogen and oxygen atoms in total. The van der Waals surface area contributed by atoms with Gasteiger partial charge in [0.2, 0.25) is 0 Å². The summed E-state index contributed by atoms with van der Waals surface area (Å²) in [4.78, 5) is -0.497. The van der Waals surface area contributed by atoms with Crippen molar-refractivity contribution < 1.29 is 26.7 Å². The van der Waals surface area contributed by atoms with E-state index in [2.05, 4.69) is 4.74 Å². The second-order valence-electron chi connectivity index (χ2n) is 3.81. The molecule has 0 unspecified atom stereocenters. The van der Waals surface area contributed by atoms with E-state index in [1.165, 1.54) is 25.3 Å². The molecule has 0 saturated heterocycles. The molecule has 0 aromatic heterocycles. The average molecular weight is 338 g/mol. The molecule has 0 bridgehead atoms. The first kappa shape index (κ1) is 17.2. The van der Waals surface area contributed by atoms with Crippen LogP contribution >= 0.6 is 11.6 Å². The van der Waals surface area contributed by atoms with Crippen LogP contribution in [0.3, 0.4) is 0 Å². The molecule has 1 aromatic rings. The standard InChI is InChI=1S/C12H10ClF2NO4S/c1-19-10-5-7(3-8(6-16)21(2,17)18)4-9(13)11(10)20-12(14)15/h3-5,12H,1-2H3. The minimum atomic E-state index is -3.71. The van der Waals surface area contributed by atoms with Crippen molar-refractivity contribution in [2.75, 3.05) is 13.4 Å². The number of nitriles is 1. The second kappa shape index (κ2) is 6.74. The van der Waals surface area contributed by atoms with E-state index in [4.69, 9.17) is 21.6 Å². The van der Waals surface area contributed by atoms with Crippen LogP contribution in [-0.2, 0) is 9.84 Å². The van der Waals surface area contributed by atoms with Crippen molar-refractivity contribution >= 4 is 27.5 Å². The number of sulfone groups is 1. The summed E-state index contributed by atoms with van der Waals surface area (Å²) in [6.07, 6.45) is 1.92. The largest absolute Gasteiger partial charge is 0.493 e. The Morgan fingerprint density at radius 2 is 2.10 bits per heavy atom. The van der Waals surface area contributed by atoms with Crippen LogP contribution in [0.2, 0.25) is 5.02 Å². The summed E-state index contributed by atoms with van der Waals surface area (Å²) in [5, 5.41) is 8.60. The number of allylic oxidation sites excluding steroid dienone is 1. The highest BCUT2D eigenvalue weighted by Crippen LogP contribution is 2.38. The number of nitrogens with zero attached hydrogens (tertiary/aromatic N) is 1. The molecule has 0 saturated carbocycles. The predicted octanol–water partition coefficient (Wildman–Crippen LogP) is 2.86. The van der Waals surface area contributed by atoms with Crippen molar-refractivity contribution in [1.82, 2.24) is 0 Å². The lowest BCUT2D eigenvalue weighted by molar-refractivity contribution is -0.0511. The first-order valence-corrected chi connectivity index (χ1v) is 7.60. The van der Waals surface area contributed by atoms with E-state index in [1.54, 1.807) is 0 Å². The summed E-state index contributed by atoms with van der Waals surface area (Å²) < 4.78 is 56.3. The highest BCUT2D eigenvalue weighted by molar-refractivity contribution is 7.95. The average Bonchev–Trinajstić information content (AvgIpc) is 2.36. The summed E-state index contributed by atoms with van der Waals surface area (Å²) in [6, 6.07) is 3.95. The number of hydrogen-bond donors (Lipinski definition) is 0. The first-order valence-electron chi connectivity index (χ1n) is 5.33. The van der Waals surface area contributed by atoms with Crippen LogP contribution in [0.25, 0.3) is 6.08 Å². The molecule has 1 rings (SSSR count). The fourth-order valence-corrected chi connectivity index (χ4v) is 2.18. The third-order valence-corrected chi connectivity index (χ3v) is 3.55. The van der Waals surface area contributed by atoms with Crippen molar-refractivity contribution in [3.05, 3.63) is 27.6 Å². The monoisotopic (exact) mass is 337 g/mol. The normalized spacial score (nSPS) is 12.1. The lowest BCUT2D eigenvalue weighted by atomic mass is 10.2. The van der Waals surface area contributed by atoms with Gasteiger partial charge in [-0.05, 0) is 23.8 Å². The zero-order valence-electron chi connectivity index (χ0n) is 10.9. The molecule has 9 heteroatoms. The number of hydrogen-bond acceptors (Lipinski definition) is 5. The molecule has 21 heavy (non-hydrogen) atoms. The van der Waals surface area contributed by atoms with E-state index in [9.17, 15) is 17.2 Å². The summed E-state index contributed by atoms with van der Waals surface area (Å²) in [7, 11) is -2.50. The number of benzene rings is 1. The molecule has 0 aliphatic heterocycles. The third kappa shape index (κ3) is 4.58. The van der Waals surface area contributed by atoms with Crippen LogP contribution in [-0.4, -0.2) is 28.4 Å². The van der Waals surface area contributed by atoms with E-state index >= 15 is 0 Å². The van der Waals surface area contributed by atoms with Gasteiger partial charge in [0.15, 0.2) is 21.3 Å². The molecule has 114 valence electrons. The van der Waals surface area contributed by atoms with Crippen LogP contribution in [0.5, 0.6) is 11.5 Å². The summed E-state index contributed by atoms with van der Waals surface area (Å²) in [6.45, 7) is -3.09. The number of rotatable bonds is 5. The minimum Gasteiger partial charge on any atom is -0.493 e. The van der Waals surface area contributed by atoms with Crippen LogP contribution in [0.4, 0.5) is 8.78 Å². The Labute approximate surface area is 125 Å². The maximum atomic E-state index is 12.3. The zero-order valence-corrected chi connectivity index (χ0v) is 12.5. The fraction of sp³-hybridized carbons (Fsp3) is 0.250. The maximum Gasteiger partial charge on any atom is 0.387 e. The predicted molar refractivity (Wildman–Crippen MR) is 73.1 cm³/mol. The maximum absolute atomic E-state index is 12.3. The van der Waals surface area contributed by atoms with Gasteiger partial charge in [0, 0.05) is 6.26 Å². The molecule has 0 heterocycles. The molecular weight excluding hydrogens is 328 g/mol. The van der Waals surface area contributed by atoms with Crippen molar-refractivity contribution in [1.29, 1.82) is 5.26 Å². The highest BCUT2D eigenvalue weighted by Gasteiger charge is 2.17. The molecule has 0 atom stereocenters. The quantitative estimate of drug-likeness (QED) is 0.772. The molecule has 0 fully saturated rings. The summed E-state index contributed by atoms with van der Waals surface area (Å²) in [5.74, 6) is -0.482. The number of methoxy groups -OCH3 is 1. The molecule has 0 radical (unpaired) electrons. The zero-order chi connectivity index (χ0) is 16.2.